The van der Waals surface area contributed by atoms with E-state index < -0.39 is 0 Å². The van der Waals surface area contributed by atoms with Gasteiger partial charge in [-0.05, 0) is 37.1 Å². The number of aryl methyl sites for hydroxylation is 2. The minimum absolute atomic E-state index is 0.0208. The molecule has 1 fully saturated rings. The number of piperazine rings is 1. The predicted octanol–water partition coefficient (Wildman–Crippen LogP) is 0.666. The van der Waals surface area contributed by atoms with Gasteiger partial charge in [-0.1, -0.05) is 6.07 Å². The number of urea groups is 1. The molecule has 4 heteroatoms. The summed E-state index contributed by atoms with van der Waals surface area (Å²) in [4.78, 5) is 15.5. The van der Waals surface area contributed by atoms with Crippen molar-refractivity contribution in [1.82, 2.24) is 4.90 Å². The summed E-state index contributed by atoms with van der Waals surface area (Å²) >= 11 is 0. The standard InChI is InChI=1S/C14H21N3O/c1-11-8-12(2)10-13(9-11)15-14(18)17-6-4-16(3)5-7-17/h8-10H,4-7H2,1-3H3,(H,15,18)/p+1. The van der Waals surface area contributed by atoms with Gasteiger partial charge in [-0.25, -0.2) is 4.79 Å². The summed E-state index contributed by atoms with van der Waals surface area (Å²) in [7, 11) is 2.17. The molecule has 0 aromatic heterocycles. The van der Waals surface area contributed by atoms with Crippen molar-refractivity contribution < 1.29 is 9.69 Å². The number of carbonyl (C=O) groups is 1. The van der Waals surface area contributed by atoms with E-state index in [4.69, 9.17) is 0 Å². The van der Waals surface area contributed by atoms with Crippen molar-refractivity contribution in [2.45, 2.75) is 13.8 Å². The molecule has 0 radical (unpaired) electrons. The number of hydrogen-bond acceptors (Lipinski definition) is 1. The molecule has 0 bridgehead atoms. The zero-order valence-electron chi connectivity index (χ0n) is 11.4. The molecule has 2 amide bonds. The van der Waals surface area contributed by atoms with Gasteiger partial charge < -0.3 is 15.1 Å². The highest BCUT2D eigenvalue weighted by Gasteiger charge is 2.21. The monoisotopic (exact) mass is 248 g/mol. The van der Waals surface area contributed by atoms with E-state index in [0.717, 1.165) is 31.9 Å². The molecule has 1 heterocycles. The van der Waals surface area contributed by atoms with Crippen LogP contribution in [0.25, 0.3) is 0 Å². The second kappa shape index (κ2) is 5.40. The summed E-state index contributed by atoms with van der Waals surface area (Å²) in [5.41, 5.74) is 3.24. The third-order valence-electron chi connectivity index (χ3n) is 3.38. The lowest BCUT2D eigenvalue weighted by Crippen LogP contribution is -3.12. The van der Waals surface area contributed by atoms with Crippen LogP contribution in [0.1, 0.15) is 11.1 Å². The fraction of sp³-hybridized carbons (Fsp3) is 0.500. The molecule has 0 unspecified atom stereocenters. The quantitative estimate of drug-likeness (QED) is 0.753. The van der Waals surface area contributed by atoms with Gasteiger partial charge in [0.25, 0.3) is 0 Å². The second-order valence-corrected chi connectivity index (χ2v) is 5.25. The van der Waals surface area contributed by atoms with Crippen molar-refractivity contribution in [2.75, 3.05) is 38.5 Å². The fourth-order valence-electron chi connectivity index (χ4n) is 2.34. The molecule has 1 saturated heterocycles. The minimum atomic E-state index is 0.0208. The Balaban J connectivity index is 1.98. The highest BCUT2D eigenvalue weighted by molar-refractivity contribution is 5.89. The lowest BCUT2D eigenvalue weighted by molar-refractivity contribution is -0.883. The Morgan fingerprint density at radius 1 is 1.17 bits per heavy atom. The lowest BCUT2D eigenvalue weighted by atomic mass is 10.1. The number of anilines is 1. The van der Waals surface area contributed by atoms with Crippen LogP contribution in [0.15, 0.2) is 18.2 Å². The first kappa shape index (κ1) is 12.9. The predicted molar refractivity (Wildman–Crippen MR) is 73.1 cm³/mol. The maximum atomic E-state index is 12.1. The van der Waals surface area contributed by atoms with E-state index in [0.29, 0.717) is 0 Å². The SMILES string of the molecule is Cc1cc(C)cc(NC(=O)N2CC[NH+](C)CC2)c1. The summed E-state index contributed by atoms with van der Waals surface area (Å²) in [6.07, 6.45) is 0. The summed E-state index contributed by atoms with van der Waals surface area (Å²) in [6, 6.07) is 6.14. The third kappa shape index (κ3) is 3.23. The molecule has 1 aliphatic rings. The smallest absolute Gasteiger partial charge is 0.322 e. The van der Waals surface area contributed by atoms with Crippen molar-refractivity contribution in [3.05, 3.63) is 29.3 Å². The zero-order valence-corrected chi connectivity index (χ0v) is 11.4. The van der Waals surface area contributed by atoms with Crippen molar-refractivity contribution >= 4 is 11.7 Å². The van der Waals surface area contributed by atoms with Crippen molar-refractivity contribution in [2.24, 2.45) is 0 Å². The first-order valence-electron chi connectivity index (χ1n) is 6.50. The molecule has 0 atom stereocenters. The molecule has 2 N–H and O–H groups in total. The molecule has 2 rings (SSSR count). The Morgan fingerprint density at radius 2 is 1.72 bits per heavy atom. The first-order chi connectivity index (χ1) is 8.54. The van der Waals surface area contributed by atoms with Crippen LogP contribution in [0, 0.1) is 13.8 Å². The normalized spacial score (nSPS) is 16.7. The van der Waals surface area contributed by atoms with E-state index in [1.807, 2.05) is 30.9 Å². The van der Waals surface area contributed by atoms with Crippen molar-refractivity contribution in [3.63, 3.8) is 0 Å². The number of quaternary nitrogens is 1. The molecule has 4 nitrogen and oxygen atoms in total. The van der Waals surface area contributed by atoms with Crippen LogP contribution in [-0.2, 0) is 0 Å². The Hall–Kier alpha value is -1.55. The van der Waals surface area contributed by atoms with Crippen LogP contribution in [0.3, 0.4) is 0 Å². The lowest BCUT2D eigenvalue weighted by Gasteiger charge is -2.30. The molecule has 98 valence electrons. The summed E-state index contributed by atoms with van der Waals surface area (Å²) in [5, 5.41) is 2.99. The van der Waals surface area contributed by atoms with E-state index in [2.05, 4.69) is 18.4 Å². The maximum Gasteiger partial charge on any atom is 0.322 e. The average molecular weight is 248 g/mol. The topological polar surface area (TPSA) is 36.8 Å². The van der Waals surface area contributed by atoms with E-state index in [-0.39, 0.29) is 6.03 Å². The van der Waals surface area contributed by atoms with E-state index >= 15 is 0 Å². The first-order valence-corrected chi connectivity index (χ1v) is 6.50. The number of amides is 2. The number of rotatable bonds is 1. The number of nitrogens with zero attached hydrogens (tertiary/aromatic N) is 1. The van der Waals surface area contributed by atoms with Gasteiger partial charge in [0.15, 0.2) is 0 Å². The Bertz CT molecular complexity index is 416. The van der Waals surface area contributed by atoms with Gasteiger partial charge in [0.1, 0.15) is 0 Å². The molecular weight excluding hydrogens is 226 g/mol. The number of hydrogen-bond donors (Lipinski definition) is 2. The minimum Gasteiger partial charge on any atom is -0.334 e. The average Bonchev–Trinajstić information content (AvgIpc) is 2.28. The van der Waals surface area contributed by atoms with Gasteiger partial charge in [-0.3, -0.25) is 0 Å². The number of benzene rings is 1. The van der Waals surface area contributed by atoms with Gasteiger partial charge >= 0.3 is 6.03 Å². The van der Waals surface area contributed by atoms with Gasteiger partial charge in [-0.15, -0.1) is 0 Å². The second-order valence-electron chi connectivity index (χ2n) is 5.25. The fourth-order valence-corrected chi connectivity index (χ4v) is 2.34. The van der Waals surface area contributed by atoms with Crippen LogP contribution in [0.4, 0.5) is 10.5 Å². The van der Waals surface area contributed by atoms with Crippen LogP contribution in [0.5, 0.6) is 0 Å². The Morgan fingerprint density at radius 3 is 2.28 bits per heavy atom. The van der Waals surface area contributed by atoms with Gasteiger partial charge in [0.05, 0.1) is 33.2 Å². The number of carbonyl (C=O) groups excluding carboxylic acids is 1. The van der Waals surface area contributed by atoms with Crippen LogP contribution in [-0.4, -0.2) is 44.2 Å². The van der Waals surface area contributed by atoms with Crippen LogP contribution < -0.4 is 10.2 Å². The number of likely N-dealkylation sites (N-methyl/N-ethyl adjacent to an activating group) is 1. The zero-order chi connectivity index (χ0) is 13.1. The molecule has 1 aromatic rings. The number of nitrogens with one attached hydrogen (secondary N) is 2. The molecule has 0 saturated carbocycles. The van der Waals surface area contributed by atoms with Crippen molar-refractivity contribution in [3.8, 4) is 0 Å². The summed E-state index contributed by atoms with van der Waals surface area (Å²) in [5.74, 6) is 0. The van der Waals surface area contributed by atoms with Crippen LogP contribution >= 0.6 is 0 Å². The van der Waals surface area contributed by atoms with E-state index in [1.165, 1.54) is 16.0 Å². The van der Waals surface area contributed by atoms with Crippen LogP contribution in [0.2, 0.25) is 0 Å². The maximum absolute atomic E-state index is 12.1. The summed E-state index contributed by atoms with van der Waals surface area (Å²) < 4.78 is 0. The molecule has 0 spiro atoms. The van der Waals surface area contributed by atoms with E-state index in [9.17, 15) is 4.79 Å². The largest absolute Gasteiger partial charge is 0.334 e. The molecule has 1 aliphatic heterocycles. The van der Waals surface area contributed by atoms with Gasteiger partial charge in [0, 0.05) is 5.69 Å². The van der Waals surface area contributed by atoms with Crippen molar-refractivity contribution in [1.29, 1.82) is 0 Å². The van der Waals surface area contributed by atoms with Gasteiger partial charge in [0.2, 0.25) is 0 Å². The Labute approximate surface area is 109 Å². The summed E-state index contributed by atoms with van der Waals surface area (Å²) in [6.45, 7) is 7.81. The third-order valence-corrected chi connectivity index (χ3v) is 3.38. The molecule has 0 aliphatic carbocycles. The van der Waals surface area contributed by atoms with E-state index in [1.54, 1.807) is 0 Å². The highest BCUT2D eigenvalue weighted by atomic mass is 16.2. The molecular formula is C14H22N3O+. The molecule has 1 aromatic carbocycles. The van der Waals surface area contributed by atoms with Gasteiger partial charge in [-0.2, -0.15) is 0 Å². The molecule has 18 heavy (non-hydrogen) atoms. The highest BCUT2D eigenvalue weighted by Crippen LogP contribution is 2.14. The Kier molecular flexibility index (Phi) is 3.87.